The fraction of sp³-hybridized carbons (Fsp3) is 0.650. The maximum Gasteiger partial charge on any atom is 0.226 e. The predicted molar refractivity (Wildman–Crippen MR) is 90.2 cm³/mol. The average Bonchev–Trinajstić information content (AvgIpc) is 2.53. The third-order valence-corrected chi connectivity index (χ3v) is 6.47. The van der Waals surface area contributed by atoms with Crippen molar-refractivity contribution in [1.29, 1.82) is 0 Å². The molecule has 4 bridgehead atoms. The molecule has 0 aliphatic heterocycles. The summed E-state index contributed by atoms with van der Waals surface area (Å²) in [6.07, 6.45) is 7.45. The van der Waals surface area contributed by atoms with Crippen molar-refractivity contribution in [3.63, 3.8) is 0 Å². The molecule has 1 amide bonds. The predicted octanol–water partition coefficient (Wildman–Crippen LogP) is 4.09. The topological polar surface area (TPSA) is 38.3 Å². The van der Waals surface area contributed by atoms with Crippen LogP contribution in [0.25, 0.3) is 0 Å². The van der Waals surface area contributed by atoms with Crippen molar-refractivity contribution < 1.29 is 9.53 Å². The number of carbonyl (C=O) groups is 1. The zero-order chi connectivity index (χ0) is 16.0. The number of ether oxygens (including phenoxy) is 1. The molecule has 23 heavy (non-hydrogen) atoms. The van der Waals surface area contributed by atoms with E-state index >= 15 is 0 Å². The molecule has 0 radical (unpaired) electrons. The van der Waals surface area contributed by atoms with Crippen LogP contribution in [0.1, 0.15) is 57.1 Å². The lowest BCUT2D eigenvalue weighted by Gasteiger charge is -2.55. The molecule has 4 fully saturated rings. The van der Waals surface area contributed by atoms with E-state index in [0.29, 0.717) is 0 Å². The number of hydrogen-bond donors (Lipinski definition) is 1. The van der Waals surface area contributed by atoms with Crippen LogP contribution >= 0.6 is 0 Å². The summed E-state index contributed by atoms with van der Waals surface area (Å²) in [7, 11) is 1.69. The van der Waals surface area contributed by atoms with E-state index in [4.69, 9.17) is 4.74 Å². The normalized spacial score (nSPS) is 35.8. The third kappa shape index (κ3) is 2.54. The van der Waals surface area contributed by atoms with Crippen LogP contribution in [0, 0.1) is 23.2 Å². The molecular formula is C20H27NO2. The maximum atomic E-state index is 13.1. The summed E-state index contributed by atoms with van der Waals surface area (Å²) >= 11 is 0. The lowest BCUT2D eigenvalue weighted by molar-refractivity contribution is -0.147. The molecular weight excluding hydrogens is 286 g/mol. The molecule has 1 unspecified atom stereocenters. The Kier molecular flexibility index (Phi) is 3.62. The van der Waals surface area contributed by atoms with E-state index in [9.17, 15) is 4.79 Å². The maximum absolute atomic E-state index is 13.1. The number of nitrogens with one attached hydrogen (secondary N) is 1. The Balaban J connectivity index is 1.51. The van der Waals surface area contributed by atoms with Gasteiger partial charge in [0.25, 0.3) is 0 Å². The van der Waals surface area contributed by atoms with Gasteiger partial charge in [0.15, 0.2) is 0 Å². The van der Waals surface area contributed by atoms with Gasteiger partial charge in [-0.2, -0.15) is 0 Å². The second kappa shape index (κ2) is 5.54. The Morgan fingerprint density at radius 2 is 1.70 bits per heavy atom. The molecule has 0 heterocycles. The van der Waals surface area contributed by atoms with Crippen molar-refractivity contribution in [2.24, 2.45) is 23.2 Å². The smallest absolute Gasteiger partial charge is 0.226 e. The van der Waals surface area contributed by atoms with Crippen molar-refractivity contribution in [1.82, 2.24) is 5.32 Å². The van der Waals surface area contributed by atoms with Gasteiger partial charge in [0.1, 0.15) is 5.75 Å². The molecule has 0 spiro atoms. The Morgan fingerprint density at radius 1 is 1.13 bits per heavy atom. The number of benzene rings is 1. The molecule has 1 aromatic carbocycles. The van der Waals surface area contributed by atoms with Gasteiger partial charge in [-0.25, -0.2) is 0 Å². The highest BCUT2D eigenvalue weighted by Crippen LogP contribution is 2.60. The number of methoxy groups -OCH3 is 1. The van der Waals surface area contributed by atoms with E-state index < -0.39 is 0 Å². The van der Waals surface area contributed by atoms with Gasteiger partial charge >= 0.3 is 0 Å². The average molecular weight is 313 g/mol. The van der Waals surface area contributed by atoms with Crippen molar-refractivity contribution in [3.8, 4) is 5.75 Å². The first kappa shape index (κ1) is 15.0. The van der Waals surface area contributed by atoms with Crippen LogP contribution in [0.4, 0.5) is 0 Å². The van der Waals surface area contributed by atoms with Gasteiger partial charge < -0.3 is 10.1 Å². The Morgan fingerprint density at radius 3 is 2.26 bits per heavy atom. The molecule has 1 atom stereocenters. The van der Waals surface area contributed by atoms with E-state index in [-0.39, 0.29) is 17.4 Å². The van der Waals surface area contributed by atoms with Crippen LogP contribution in [0.5, 0.6) is 5.75 Å². The van der Waals surface area contributed by atoms with Crippen molar-refractivity contribution in [3.05, 3.63) is 29.8 Å². The fourth-order valence-corrected chi connectivity index (χ4v) is 5.84. The molecule has 1 aromatic rings. The van der Waals surface area contributed by atoms with E-state index in [1.807, 2.05) is 24.3 Å². The molecule has 3 nitrogen and oxygen atoms in total. The van der Waals surface area contributed by atoms with E-state index in [0.717, 1.165) is 48.3 Å². The highest BCUT2D eigenvalue weighted by atomic mass is 16.5. The monoisotopic (exact) mass is 313 g/mol. The molecule has 0 saturated heterocycles. The SMILES string of the molecule is COc1ccccc1C(C)NC(=O)C12CC3CC(CC(C3)C1)C2. The molecule has 3 heteroatoms. The standard InChI is InChI=1S/C20H27NO2/c1-13(17-5-3-4-6-18(17)23-2)21-19(22)20-10-14-7-15(11-20)9-16(8-14)12-20/h3-6,13-16H,7-12H2,1-2H3,(H,21,22). The summed E-state index contributed by atoms with van der Waals surface area (Å²) in [6.45, 7) is 2.07. The molecule has 4 aliphatic rings. The minimum Gasteiger partial charge on any atom is -0.496 e. The van der Waals surface area contributed by atoms with Crippen LogP contribution < -0.4 is 10.1 Å². The lowest BCUT2D eigenvalue weighted by Crippen LogP contribution is -2.53. The van der Waals surface area contributed by atoms with Gasteiger partial charge in [0.2, 0.25) is 5.91 Å². The molecule has 4 saturated carbocycles. The number of para-hydroxylation sites is 1. The van der Waals surface area contributed by atoms with Gasteiger partial charge in [-0.1, -0.05) is 18.2 Å². The van der Waals surface area contributed by atoms with E-state index in [1.54, 1.807) is 7.11 Å². The second-order valence-corrected chi connectivity index (χ2v) is 8.13. The summed E-state index contributed by atoms with van der Waals surface area (Å²) in [5, 5.41) is 3.31. The van der Waals surface area contributed by atoms with Crippen LogP contribution in [0.3, 0.4) is 0 Å². The number of hydrogen-bond acceptors (Lipinski definition) is 2. The number of carbonyl (C=O) groups excluding carboxylic acids is 1. The number of amides is 1. The fourth-order valence-electron chi connectivity index (χ4n) is 5.84. The first-order chi connectivity index (χ1) is 11.1. The lowest BCUT2D eigenvalue weighted by atomic mass is 9.49. The summed E-state index contributed by atoms with van der Waals surface area (Å²) < 4.78 is 5.45. The van der Waals surface area contributed by atoms with Crippen LogP contribution in [-0.4, -0.2) is 13.0 Å². The summed E-state index contributed by atoms with van der Waals surface area (Å²) in [5.41, 5.74) is 0.985. The Labute approximate surface area is 138 Å². The van der Waals surface area contributed by atoms with Crippen LogP contribution in [0.2, 0.25) is 0 Å². The highest BCUT2D eigenvalue weighted by molar-refractivity contribution is 5.83. The Hall–Kier alpha value is -1.51. The van der Waals surface area contributed by atoms with Gasteiger partial charge in [0.05, 0.1) is 13.2 Å². The summed E-state index contributed by atoms with van der Waals surface area (Å²) in [5.74, 6) is 3.54. The molecule has 4 aliphatic carbocycles. The summed E-state index contributed by atoms with van der Waals surface area (Å²) in [6, 6.07) is 7.97. The molecule has 5 rings (SSSR count). The van der Waals surface area contributed by atoms with Crippen molar-refractivity contribution in [2.75, 3.05) is 7.11 Å². The van der Waals surface area contributed by atoms with Crippen LogP contribution in [-0.2, 0) is 4.79 Å². The van der Waals surface area contributed by atoms with Crippen LogP contribution in [0.15, 0.2) is 24.3 Å². The zero-order valence-corrected chi connectivity index (χ0v) is 14.2. The van der Waals surface area contributed by atoms with Gasteiger partial charge in [-0.3, -0.25) is 4.79 Å². The first-order valence-electron chi connectivity index (χ1n) is 9.03. The zero-order valence-electron chi connectivity index (χ0n) is 14.2. The van der Waals surface area contributed by atoms with E-state index in [1.165, 1.54) is 19.3 Å². The van der Waals surface area contributed by atoms with Crippen molar-refractivity contribution >= 4 is 5.91 Å². The number of rotatable bonds is 4. The summed E-state index contributed by atoms with van der Waals surface area (Å²) in [4.78, 5) is 13.1. The van der Waals surface area contributed by atoms with Gasteiger partial charge in [-0.15, -0.1) is 0 Å². The minimum atomic E-state index is -0.0783. The molecule has 1 N–H and O–H groups in total. The third-order valence-electron chi connectivity index (χ3n) is 6.47. The van der Waals surface area contributed by atoms with E-state index in [2.05, 4.69) is 12.2 Å². The second-order valence-electron chi connectivity index (χ2n) is 8.13. The largest absolute Gasteiger partial charge is 0.496 e. The van der Waals surface area contributed by atoms with Crippen molar-refractivity contribution in [2.45, 2.75) is 51.5 Å². The highest BCUT2D eigenvalue weighted by Gasteiger charge is 2.54. The molecule has 124 valence electrons. The Bertz CT molecular complexity index is 574. The quantitative estimate of drug-likeness (QED) is 0.909. The van der Waals surface area contributed by atoms with Gasteiger partial charge in [0, 0.05) is 11.0 Å². The molecule has 0 aromatic heterocycles. The van der Waals surface area contributed by atoms with Gasteiger partial charge in [-0.05, 0) is 69.3 Å². The minimum absolute atomic E-state index is 0.00773. The first-order valence-corrected chi connectivity index (χ1v) is 9.03.